The molecule has 2 aromatic carbocycles. The first-order valence-corrected chi connectivity index (χ1v) is 8.85. The van der Waals surface area contributed by atoms with Crippen LogP contribution in [0.5, 0.6) is 0 Å². The average molecular weight is 359 g/mol. The van der Waals surface area contributed by atoms with Gasteiger partial charge in [0.1, 0.15) is 4.88 Å². The number of nitrogens with zero attached hydrogens (tertiary/aromatic N) is 2. The Bertz CT molecular complexity index is 871. The lowest BCUT2D eigenvalue weighted by atomic mass is 10.2. The summed E-state index contributed by atoms with van der Waals surface area (Å²) in [6.45, 7) is 0.553. The van der Waals surface area contributed by atoms with Gasteiger partial charge in [-0.1, -0.05) is 41.9 Å². The minimum atomic E-state index is -0.0436. The molecular weight excluding hydrogens is 340 g/mol. The van der Waals surface area contributed by atoms with E-state index in [1.54, 1.807) is 4.90 Å². The largest absolute Gasteiger partial charge is 0.378 e. The molecule has 124 valence electrons. The van der Waals surface area contributed by atoms with Gasteiger partial charge in [0.25, 0.3) is 5.91 Å². The van der Waals surface area contributed by atoms with Crippen molar-refractivity contribution in [2.75, 3.05) is 26.0 Å². The van der Waals surface area contributed by atoms with E-state index in [9.17, 15) is 4.79 Å². The molecule has 0 aliphatic carbocycles. The molecule has 3 nitrogen and oxygen atoms in total. The number of carbonyl (C=O) groups excluding carboxylic acids is 1. The van der Waals surface area contributed by atoms with E-state index in [-0.39, 0.29) is 5.91 Å². The number of anilines is 1. The van der Waals surface area contributed by atoms with Gasteiger partial charge in [0, 0.05) is 43.5 Å². The third-order valence-electron chi connectivity index (χ3n) is 3.95. The highest BCUT2D eigenvalue weighted by molar-refractivity contribution is 7.21. The normalized spacial score (nSPS) is 10.8. The van der Waals surface area contributed by atoms with Gasteiger partial charge in [0.2, 0.25) is 0 Å². The molecule has 0 bridgehead atoms. The van der Waals surface area contributed by atoms with Crippen LogP contribution in [0.2, 0.25) is 5.02 Å². The van der Waals surface area contributed by atoms with E-state index in [0.29, 0.717) is 16.4 Å². The van der Waals surface area contributed by atoms with Crippen LogP contribution in [0.1, 0.15) is 15.2 Å². The quantitative estimate of drug-likeness (QED) is 0.662. The van der Waals surface area contributed by atoms with Crippen LogP contribution in [0.4, 0.5) is 5.69 Å². The summed E-state index contributed by atoms with van der Waals surface area (Å²) in [6.07, 6.45) is 0. The van der Waals surface area contributed by atoms with Crippen molar-refractivity contribution in [3.63, 3.8) is 0 Å². The first kappa shape index (κ1) is 16.8. The number of thiophene rings is 1. The van der Waals surface area contributed by atoms with Crippen LogP contribution >= 0.6 is 22.9 Å². The number of hydrogen-bond acceptors (Lipinski definition) is 3. The van der Waals surface area contributed by atoms with Gasteiger partial charge >= 0.3 is 0 Å². The summed E-state index contributed by atoms with van der Waals surface area (Å²) in [7, 11) is 5.82. The monoisotopic (exact) mass is 358 g/mol. The lowest BCUT2D eigenvalue weighted by Gasteiger charge is -2.18. The number of fused-ring (bicyclic) bond motifs is 1. The molecule has 0 spiro atoms. The zero-order valence-electron chi connectivity index (χ0n) is 13.9. The van der Waals surface area contributed by atoms with E-state index in [0.717, 1.165) is 21.3 Å². The van der Waals surface area contributed by atoms with Gasteiger partial charge < -0.3 is 9.80 Å². The van der Waals surface area contributed by atoms with Gasteiger partial charge in [-0.15, -0.1) is 11.3 Å². The lowest BCUT2D eigenvalue weighted by Crippen LogP contribution is -2.25. The van der Waals surface area contributed by atoms with E-state index in [1.165, 1.54) is 11.3 Å². The molecule has 5 heteroatoms. The third-order valence-corrected chi connectivity index (χ3v) is 5.61. The molecular formula is C19H19ClN2OS. The highest BCUT2D eigenvalue weighted by Crippen LogP contribution is 2.35. The Hall–Kier alpha value is -2.04. The van der Waals surface area contributed by atoms with Crippen molar-refractivity contribution in [2.45, 2.75) is 6.54 Å². The second-order valence-electron chi connectivity index (χ2n) is 5.96. The topological polar surface area (TPSA) is 23.6 Å². The van der Waals surface area contributed by atoms with Crippen molar-refractivity contribution in [1.82, 2.24) is 4.90 Å². The second-order valence-corrected chi connectivity index (χ2v) is 7.39. The summed E-state index contributed by atoms with van der Waals surface area (Å²) in [6, 6.07) is 16.0. The van der Waals surface area contributed by atoms with Crippen molar-refractivity contribution in [2.24, 2.45) is 0 Å². The Morgan fingerprint density at radius 3 is 2.33 bits per heavy atom. The Balaban J connectivity index is 1.79. The fourth-order valence-corrected chi connectivity index (χ4v) is 4.08. The molecule has 0 fully saturated rings. The molecule has 0 N–H and O–H groups in total. The third kappa shape index (κ3) is 3.25. The van der Waals surface area contributed by atoms with Crippen LogP contribution in [0.3, 0.4) is 0 Å². The molecule has 3 aromatic rings. The SMILES string of the molecule is CN(Cc1ccc(N(C)C)cc1)C(=O)c1sc2ccccc2c1Cl. The van der Waals surface area contributed by atoms with Gasteiger partial charge in [-0.2, -0.15) is 0 Å². The molecule has 0 radical (unpaired) electrons. The van der Waals surface area contributed by atoms with Crippen LogP contribution in [0.25, 0.3) is 10.1 Å². The summed E-state index contributed by atoms with van der Waals surface area (Å²) in [5.41, 5.74) is 2.23. The number of rotatable bonds is 4. The molecule has 0 atom stereocenters. The minimum absolute atomic E-state index is 0.0436. The van der Waals surface area contributed by atoms with Crippen LogP contribution in [0, 0.1) is 0 Å². The molecule has 0 aliphatic rings. The van der Waals surface area contributed by atoms with E-state index < -0.39 is 0 Å². The maximum absolute atomic E-state index is 12.8. The lowest BCUT2D eigenvalue weighted by molar-refractivity contribution is 0.0790. The second kappa shape index (κ2) is 6.83. The fourth-order valence-electron chi connectivity index (χ4n) is 2.57. The Morgan fingerprint density at radius 2 is 1.71 bits per heavy atom. The van der Waals surface area contributed by atoms with E-state index >= 15 is 0 Å². The fraction of sp³-hybridized carbons (Fsp3) is 0.211. The Kier molecular flexibility index (Phi) is 4.78. The summed E-state index contributed by atoms with van der Waals surface area (Å²) < 4.78 is 1.04. The first-order valence-electron chi connectivity index (χ1n) is 7.66. The number of halogens is 1. The van der Waals surface area contributed by atoms with Crippen molar-refractivity contribution < 1.29 is 4.79 Å². The minimum Gasteiger partial charge on any atom is -0.378 e. The molecule has 1 aromatic heterocycles. The van der Waals surface area contributed by atoms with Crippen LogP contribution < -0.4 is 4.90 Å². The predicted molar refractivity (Wildman–Crippen MR) is 103 cm³/mol. The van der Waals surface area contributed by atoms with Crippen molar-refractivity contribution >= 4 is 44.6 Å². The van der Waals surface area contributed by atoms with E-state index in [4.69, 9.17) is 11.6 Å². The smallest absolute Gasteiger partial charge is 0.265 e. The Morgan fingerprint density at radius 1 is 1.04 bits per heavy atom. The van der Waals surface area contributed by atoms with Gasteiger partial charge in [-0.25, -0.2) is 0 Å². The van der Waals surface area contributed by atoms with Crippen molar-refractivity contribution in [3.8, 4) is 0 Å². The predicted octanol–water partition coefficient (Wildman–Crippen LogP) is 4.89. The summed E-state index contributed by atoms with van der Waals surface area (Å²) >= 11 is 7.86. The molecule has 3 rings (SSSR count). The highest BCUT2D eigenvalue weighted by Gasteiger charge is 2.20. The molecule has 24 heavy (non-hydrogen) atoms. The molecule has 0 aliphatic heterocycles. The van der Waals surface area contributed by atoms with Gasteiger partial charge in [-0.3, -0.25) is 4.79 Å². The molecule has 1 amide bonds. The highest BCUT2D eigenvalue weighted by atomic mass is 35.5. The molecule has 0 saturated carbocycles. The first-order chi connectivity index (χ1) is 11.5. The maximum atomic E-state index is 12.8. The summed E-state index contributed by atoms with van der Waals surface area (Å²) in [4.78, 5) is 17.1. The number of amides is 1. The van der Waals surface area contributed by atoms with Crippen molar-refractivity contribution in [3.05, 3.63) is 64.0 Å². The van der Waals surface area contributed by atoms with Crippen molar-refractivity contribution in [1.29, 1.82) is 0 Å². The number of hydrogen-bond donors (Lipinski definition) is 0. The van der Waals surface area contributed by atoms with Crippen LogP contribution in [0.15, 0.2) is 48.5 Å². The summed E-state index contributed by atoms with van der Waals surface area (Å²) in [5.74, 6) is -0.0436. The van der Waals surface area contributed by atoms with Crippen LogP contribution in [-0.2, 0) is 6.54 Å². The van der Waals surface area contributed by atoms with Crippen LogP contribution in [-0.4, -0.2) is 32.0 Å². The standard InChI is InChI=1S/C19H19ClN2OS/c1-21(2)14-10-8-13(9-11-14)12-22(3)19(23)18-17(20)15-6-4-5-7-16(15)24-18/h4-11H,12H2,1-3H3. The average Bonchev–Trinajstić information content (AvgIpc) is 2.92. The maximum Gasteiger partial charge on any atom is 0.265 e. The zero-order chi connectivity index (χ0) is 17.3. The number of benzene rings is 2. The van der Waals surface area contributed by atoms with Gasteiger partial charge in [-0.05, 0) is 23.8 Å². The molecule has 0 unspecified atom stereocenters. The van der Waals surface area contributed by atoms with E-state index in [2.05, 4.69) is 17.0 Å². The molecule has 0 saturated heterocycles. The zero-order valence-corrected chi connectivity index (χ0v) is 15.5. The van der Waals surface area contributed by atoms with Gasteiger partial charge in [0.05, 0.1) is 5.02 Å². The summed E-state index contributed by atoms with van der Waals surface area (Å²) in [5, 5.41) is 1.49. The van der Waals surface area contributed by atoms with Gasteiger partial charge in [0.15, 0.2) is 0 Å². The van der Waals surface area contributed by atoms with E-state index in [1.807, 2.05) is 57.5 Å². The number of carbonyl (C=O) groups is 1. The molecule has 1 heterocycles. The Labute approximate surface area is 151 Å².